The van der Waals surface area contributed by atoms with Crippen LogP contribution in [0.1, 0.15) is 51.0 Å². The lowest BCUT2D eigenvalue weighted by Gasteiger charge is -2.30. The van der Waals surface area contributed by atoms with Crippen LogP contribution in [0.4, 0.5) is 0 Å². The van der Waals surface area contributed by atoms with Crippen molar-refractivity contribution in [2.45, 2.75) is 48.0 Å². The molecule has 0 saturated heterocycles. The fraction of sp³-hybridized carbons (Fsp3) is 0.191. The second-order valence-corrected chi connectivity index (χ2v) is 12.2. The third kappa shape index (κ3) is 9.09. The lowest BCUT2D eigenvalue weighted by atomic mass is 9.73. The Hall–Kier alpha value is -5.74. The van der Waals surface area contributed by atoms with Crippen LogP contribution in [0.2, 0.25) is 0 Å². The minimum absolute atomic E-state index is 0.211. The Morgan fingerprint density at radius 3 is 2.20 bits per heavy atom. The summed E-state index contributed by atoms with van der Waals surface area (Å²) < 4.78 is 6.15. The molecule has 262 valence electrons. The first-order valence-corrected chi connectivity index (χ1v) is 17.6. The van der Waals surface area contributed by atoms with Crippen LogP contribution >= 0.6 is 0 Å². The molecule has 4 nitrogen and oxygen atoms in total. The lowest BCUT2D eigenvalue weighted by Crippen LogP contribution is -2.24. The van der Waals surface area contributed by atoms with Crippen molar-refractivity contribution in [3.8, 4) is 11.1 Å². The highest BCUT2D eigenvalue weighted by molar-refractivity contribution is 5.95. The quantitative estimate of drug-likeness (QED) is 0.145. The fourth-order valence-electron chi connectivity index (χ4n) is 6.48. The van der Waals surface area contributed by atoms with Gasteiger partial charge in [-0.15, -0.1) is 0 Å². The molecule has 6 rings (SSSR count). The molecule has 2 unspecified atom stereocenters. The van der Waals surface area contributed by atoms with Crippen LogP contribution in [-0.2, 0) is 0 Å². The van der Waals surface area contributed by atoms with E-state index in [9.17, 15) is 0 Å². The average Bonchev–Trinajstić information content (AvgIpc) is 3.47. The van der Waals surface area contributed by atoms with Gasteiger partial charge in [-0.25, -0.2) is 0 Å². The minimum Gasteiger partial charge on any atom is -0.512 e. The summed E-state index contributed by atoms with van der Waals surface area (Å²) in [5.74, 6) is 0.291. The average molecular weight is 679 g/mol. The van der Waals surface area contributed by atoms with Gasteiger partial charge in [0.05, 0.1) is 0 Å². The Bertz CT molecular complexity index is 2180. The van der Waals surface area contributed by atoms with Crippen LogP contribution in [0.25, 0.3) is 39.8 Å². The number of benzene rings is 3. The molecule has 51 heavy (non-hydrogen) atoms. The van der Waals surface area contributed by atoms with E-state index in [0.29, 0.717) is 6.26 Å². The standard InChI is InChI=1S/C41H38O.C4H6O3.C2H6/c1-5-31-27-34(32-16-9-7-10-17-32)24-23-33(31)25-26-35-28(2)15-8-6-11-18-38(37-20-13-12-19-36(35)37)39-21-14-22-40-41(39)29(3)30(4)42-40;1-3(6)4(7)2-5;1-2/h5-25,27,36-37H,26H2,1-4H3;2,5-7H,1H2;1-2H3/b11-6-,15-8-,31-5-,33-25-,35-28+,38-18-;4-2-;. The fourth-order valence-corrected chi connectivity index (χ4v) is 6.48. The highest BCUT2D eigenvalue weighted by Gasteiger charge is 2.28. The molecular weight excluding hydrogens is 629 g/mol. The van der Waals surface area contributed by atoms with Gasteiger partial charge in [-0.2, -0.15) is 0 Å². The van der Waals surface area contributed by atoms with E-state index in [0.717, 1.165) is 17.8 Å². The zero-order chi connectivity index (χ0) is 36.9. The maximum Gasteiger partial charge on any atom is 0.191 e. The van der Waals surface area contributed by atoms with Gasteiger partial charge in [0.25, 0.3) is 0 Å². The lowest BCUT2D eigenvalue weighted by molar-refractivity contribution is 0.305. The maximum absolute atomic E-state index is 8.20. The zero-order valence-corrected chi connectivity index (χ0v) is 30.6. The van der Waals surface area contributed by atoms with Crippen LogP contribution < -0.4 is 10.4 Å². The summed E-state index contributed by atoms with van der Waals surface area (Å²) in [4.78, 5) is 0. The molecule has 0 bridgehead atoms. The number of fused-ring (bicyclic) bond motifs is 2. The monoisotopic (exact) mass is 678 g/mol. The molecule has 2 atom stereocenters. The second-order valence-electron chi connectivity index (χ2n) is 12.2. The number of aliphatic hydroxyl groups is 3. The first-order chi connectivity index (χ1) is 24.7. The second kappa shape index (κ2) is 18.3. The molecule has 0 fully saturated rings. The van der Waals surface area contributed by atoms with Gasteiger partial charge in [-0.1, -0.05) is 153 Å². The molecule has 3 N–H and O–H groups in total. The van der Waals surface area contributed by atoms with E-state index in [2.05, 4.69) is 168 Å². The minimum atomic E-state index is -0.611. The molecule has 0 saturated carbocycles. The third-order valence-electron chi connectivity index (χ3n) is 9.22. The van der Waals surface area contributed by atoms with Crippen LogP contribution in [0, 0.1) is 25.7 Å². The number of furan rings is 1. The van der Waals surface area contributed by atoms with Crippen molar-refractivity contribution in [1.29, 1.82) is 0 Å². The van der Waals surface area contributed by atoms with E-state index < -0.39 is 11.5 Å². The van der Waals surface area contributed by atoms with Crippen LogP contribution in [0.15, 0.2) is 161 Å². The van der Waals surface area contributed by atoms with Crippen molar-refractivity contribution in [2.24, 2.45) is 11.8 Å². The normalized spacial score (nSPS) is 21.4. The first kappa shape index (κ1) is 38.1. The smallest absolute Gasteiger partial charge is 0.191 e. The molecule has 0 spiro atoms. The number of allylic oxidation sites excluding steroid dienone is 12. The number of aryl methyl sites for hydroxylation is 2. The van der Waals surface area contributed by atoms with Crippen molar-refractivity contribution in [1.82, 2.24) is 0 Å². The molecule has 2 aliphatic rings. The molecule has 4 heteroatoms. The number of hydrogen-bond donors (Lipinski definition) is 3. The van der Waals surface area contributed by atoms with E-state index in [-0.39, 0.29) is 11.8 Å². The van der Waals surface area contributed by atoms with Gasteiger partial charge < -0.3 is 19.7 Å². The third-order valence-corrected chi connectivity index (χ3v) is 9.22. The van der Waals surface area contributed by atoms with Crippen molar-refractivity contribution in [3.05, 3.63) is 184 Å². The summed E-state index contributed by atoms with van der Waals surface area (Å²) in [6.45, 7) is 15.5. The van der Waals surface area contributed by atoms with Crippen molar-refractivity contribution >= 4 is 28.7 Å². The molecule has 1 aromatic heterocycles. The largest absolute Gasteiger partial charge is 0.512 e. The highest BCUT2D eigenvalue weighted by atomic mass is 16.3. The number of aliphatic hydroxyl groups excluding tert-OH is 3. The zero-order valence-electron chi connectivity index (χ0n) is 30.6. The number of hydrogen-bond acceptors (Lipinski definition) is 4. The van der Waals surface area contributed by atoms with Gasteiger partial charge in [0.2, 0.25) is 0 Å². The Morgan fingerprint density at radius 2 is 1.53 bits per heavy atom. The summed E-state index contributed by atoms with van der Waals surface area (Å²) in [6.07, 6.45) is 26.1. The van der Waals surface area contributed by atoms with E-state index in [4.69, 9.17) is 19.7 Å². The van der Waals surface area contributed by atoms with E-state index in [1.807, 2.05) is 13.8 Å². The molecule has 3 aromatic carbocycles. The van der Waals surface area contributed by atoms with E-state index in [1.165, 1.54) is 54.8 Å². The van der Waals surface area contributed by atoms with Gasteiger partial charge in [0, 0.05) is 17.2 Å². The van der Waals surface area contributed by atoms with Crippen molar-refractivity contribution in [2.75, 3.05) is 0 Å². The predicted molar refractivity (Wildman–Crippen MR) is 217 cm³/mol. The molecule has 0 amide bonds. The first-order valence-electron chi connectivity index (χ1n) is 17.6. The highest BCUT2D eigenvalue weighted by Crippen LogP contribution is 2.43. The van der Waals surface area contributed by atoms with Gasteiger partial charge in [0.1, 0.15) is 17.6 Å². The van der Waals surface area contributed by atoms with E-state index >= 15 is 0 Å². The van der Waals surface area contributed by atoms with Crippen molar-refractivity contribution < 1.29 is 19.7 Å². The molecule has 0 radical (unpaired) electrons. The van der Waals surface area contributed by atoms with Gasteiger partial charge >= 0.3 is 0 Å². The SMILES string of the molecule is C/C=c1/cc(-c2ccccc2)cc/c1=C/C\C1=C(C)/C=C\C=C/C=C(\c2cccc3oc(C)c(C)c23)C2C=CC=CC12.C=C(O)/C(O)=C/O.CC. The van der Waals surface area contributed by atoms with Crippen molar-refractivity contribution in [3.63, 3.8) is 0 Å². The molecule has 1 heterocycles. The Balaban J connectivity index is 0.000000581. The summed E-state index contributed by atoms with van der Waals surface area (Å²) >= 11 is 0. The number of rotatable bonds is 5. The van der Waals surface area contributed by atoms with Crippen LogP contribution in [0.3, 0.4) is 0 Å². The van der Waals surface area contributed by atoms with Gasteiger partial charge in [-0.3, -0.25) is 0 Å². The Labute approximate surface area is 302 Å². The topological polar surface area (TPSA) is 73.8 Å². The molecule has 4 aromatic rings. The Kier molecular flexibility index (Phi) is 13.7. The summed E-state index contributed by atoms with van der Waals surface area (Å²) in [7, 11) is 0. The molecule has 0 aliphatic heterocycles. The summed E-state index contributed by atoms with van der Waals surface area (Å²) in [6, 6.07) is 23.9. The molecule has 2 aliphatic carbocycles. The maximum atomic E-state index is 8.20. The van der Waals surface area contributed by atoms with Crippen LogP contribution in [-0.4, -0.2) is 15.3 Å². The van der Waals surface area contributed by atoms with E-state index in [1.54, 1.807) is 0 Å². The molecular formula is C47H50O4. The summed E-state index contributed by atoms with van der Waals surface area (Å²) in [5.41, 5.74) is 10.0. The van der Waals surface area contributed by atoms with Crippen LogP contribution in [0.5, 0.6) is 0 Å². The Morgan fingerprint density at radius 1 is 0.804 bits per heavy atom. The van der Waals surface area contributed by atoms with Gasteiger partial charge in [-0.05, 0) is 84.5 Å². The van der Waals surface area contributed by atoms with Gasteiger partial charge in [0.15, 0.2) is 11.5 Å². The predicted octanol–water partition coefficient (Wildman–Crippen LogP) is 11.6. The summed E-state index contributed by atoms with van der Waals surface area (Å²) in [5, 5.41) is 28.0.